The maximum Gasteiger partial charge on any atom is 0.221 e. The largest absolute Gasteiger partial charge is 0.495 e. The zero-order chi connectivity index (χ0) is 14.1. The molecule has 0 aliphatic carbocycles. The molecule has 1 rings (SSSR count). The summed E-state index contributed by atoms with van der Waals surface area (Å²) in [5, 5.41) is 5.89. The van der Waals surface area contributed by atoms with Crippen LogP contribution in [0.5, 0.6) is 5.75 Å². The van der Waals surface area contributed by atoms with Crippen molar-refractivity contribution in [1.29, 1.82) is 0 Å². The van der Waals surface area contributed by atoms with Crippen LogP contribution in [0.2, 0.25) is 0 Å². The summed E-state index contributed by atoms with van der Waals surface area (Å²) in [5.74, 6) is 0.613. The minimum atomic E-state index is -0.00744. The number of amides is 1. The topological polar surface area (TPSA) is 85.6 Å². The van der Waals surface area contributed by atoms with Crippen LogP contribution < -0.4 is 21.1 Å². The molecule has 0 aromatic heterocycles. The van der Waals surface area contributed by atoms with Crippen molar-refractivity contribution in [2.45, 2.75) is 6.42 Å². The van der Waals surface area contributed by atoms with Crippen LogP contribution in [0.25, 0.3) is 0 Å². The number of carbonyl (C=O) groups excluding carboxylic acids is 1. The lowest BCUT2D eigenvalue weighted by atomic mass is 10.2. The number of anilines is 2. The molecule has 19 heavy (non-hydrogen) atoms. The van der Waals surface area contributed by atoms with Gasteiger partial charge >= 0.3 is 0 Å². The van der Waals surface area contributed by atoms with E-state index in [1.807, 2.05) is 6.07 Å². The van der Waals surface area contributed by atoms with Gasteiger partial charge in [-0.25, -0.2) is 0 Å². The van der Waals surface area contributed by atoms with Crippen LogP contribution in [0.3, 0.4) is 0 Å². The van der Waals surface area contributed by atoms with Gasteiger partial charge in [-0.15, -0.1) is 0 Å². The van der Waals surface area contributed by atoms with E-state index in [2.05, 4.69) is 10.6 Å². The Morgan fingerprint density at radius 1 is 1.32 bits per heavy atom. The Morgan fingerprint density at radius 2 is 2.11 bits per heavy atom. The van der Waals surface area contributed by atoms with Crippen molar-refractivity contribution in [3.05, 3.63) is 18.2 Å². The van der Waals surface area contributed by atoms with Gasteiger partial charge in [0.1, 0.15) is 5.75 Å². The number of ether oxygens (including phenoxy) is 2. The summed E-state index contributed by atoms with van der Waals surface area (Å²) in [4.78, 5) is 11.4. The van der Waals surface area contributed by atoms with E-state index < -0.39 is 0 Å². The van der Waals surface area contributed by atoms with Gasteiger partial charge in [-0.1, -0.05) is 0 Å². The summed E-state index contributed by atoms with van der Waals surface area (Å²) in [6.07, 6.45) is 0.399. The van der Waals surface area contributed by atoms with Crippen molar-refractivity contribution in [3.8, 4) is 5.75 Å². The van der Waals surface area contributed by atoms with E-state index in [9.17, 15) is 4.79 Å². The number of rotatable bonds is 8. The minimum absolute atomic E-state index is 0.00744. The van der Waals surface area contributed by atoms with Gasteiger partial charge < -0.3 is 25.8 Å². The SMILES string of the molecule is COCCNC(=O)CCNc1ccc(N)c(OC)c1. The second-order valence-electron chi connectivity index (χ2n) is 3.98. The van der Waals surface area contributed by atoms with E-state index >= 15 is 0 Å². The monoisotopic (exact) mass is 267 g/mol. The number of methoxy groups -OCH3 is 2. The third kappa shape index (κ3) is 5.48. The molecule has 0 saturated carbocycles. The molecule has 0 fully saturated rings. The predicted molar refractivity (Wildman–Crippen MR) is 75.4 cm³/mol. The maximum absolute atomic E-state index is 11.4. The van der Waals surface area contributed by atoms with E-state index in [-0.39, 0.29) is 5.91 Å². The maximum atomic E-state index is 11.4. The molecule has 0 aliphatic rings. The molecule has 0 saturated heterocycles. The number of hydrogen-bond acceptors (Lipinski definition) is 5. The molecule has 0 radical (unpaired) electrons. The van der Waals surface area contributed by atoms with Crippen LogP contribution >= 0.6 is 0 Å². The molecule has 1 amide bonds. The number of benzene rings is 1. The number of hydrogen-bond donors (Lipinski definition) is 3. The fourth-order valence-corrected chi connectivity index (χ4v) is 1.52. The molecule has 106 valence electrons. The number of nitrogens with two attached hydrogens (primary N) is 1. The van der Waals surface area contributed by atoms with Gasteiger partial charge in [0, 0.05) is 38.4 Å². The molecular formula is C13H21N3O3. The first kappa shape index (κ1) is 15.1. The quantitative estimate of drug-likeness (QED) is 0.480. The lowest BCUT2D eigenvalue weighted by Crippen LogP contribution is -2.28. The fraction of sp³-hybridized carbons (Fsp3) is 0.462. The van der Waals surface area contributed by atoms with E-state index in [1.54, 1.807) is 26.4 Å². The van der Waals surface area contributed by atoms with Gasteiger partial charge in [-0.2, -0.15) is 0 Å². The lowest BCUT2D eigenvalue weighted by molar-refractivity contribution is -0.121. The lowest BCUT2D eigenvalue weighted by Gasteiger charge is -2.10. The summed E-state index contributed by atoms with van der Waals surface area (Å²) in [6.45, 7) is 1.60. The highest BCUT2D eigenvalue weighted by Gasteiger charge is 2.02. The van der Waals surface area contributed by atoms with Crippen molar-refractivity contribution in [2.75, 3.05) is 45.0 Å². The summed E-state index contributed by atoms with van der Waals surface area (Å²) in [7, 11) is 3.17. The van der Waals surface area contributed by atoms with Gasteiger partial charge in [-0.3, -0.25) is 4.79 Å². The molecule has 0 spiro atoms. The second-order valence-corrected chi connectivity index (χ2v) is 3.98. The third-order valence-corrected chi connectivity index (χ3v) is 2.54. The average Bonchev–Trinajstić information content (AvgIpc) is 2.41. The van der Waals surface area contributed by atoms with Crippen LogP contribution in [-0.2, 0) is 9.53 Å². The Hall–Kier alpha value is -1.95. The zero-order valence-electron chi connectivity index (χ0n) is 11.4. The Labute approximate surface area is 113 Å². The highest BCUT2D eigenvalue weighted by molar-refractivity contribution is 5.76. The summed E-state index contributed by atoms with van der Waals surface area (Å²) in [5.41, 5.74) is 7.18. The molecule has 0 unspecified atom stereocenters. The highest BCUT2D eigenvalue weighted by atomic mass is 16.5. The first-order chi connectivity index (χ1) is 9.17. The molecule has 0 aliphatic heterocycles. The van der Waals surface area contributed by atoms with Crippen molar-refractivity contribution >= 4 is 17.3 Å². The van der Waals surface area contributed by atoms with Crippen LogP contribution in [0, 0.1) is 0 Å². The summed E-state index contributed by atoms with van der Waals surface area (Å²) >= 11 is 0. The molecule has 6 heteroatoms. The van der Waals surface area contributed by atoms with Gasteiger partial charge in [0.2, 0.25) is 5.91 Å². The zero-order valence-corrected chi connectivity index (χ0v) is 11.4. The van der Waals surface area contributed by atoms with E-state index in [1.165, 1.54) is 0 Å². The molecule has 4 N–H and O–H groups in total. The molecule has 0 heterocycles. The van der Waals surface area contributed by atoms with Crippen molar-refractivity contribution < 1.29 is 14.3 Å². The van der Waals surface area contributed by atoms with Gasteiger partial charge in [0.25, 0.3) is 0 Å². The van der Waals surface area contributed by atoms with Gasteiger partial charge in [-0.05, 0) is 12.1 Å². The standard InChI is InChI=1S/C13H21N3O3/c1-18-8-7-16-13(17)5-6-15-10-3-4-11(14)12(9-10)19-2/h3-4,9,15H,5-8,14H2,1-2H3,(H,16,17). The van der Waals surface area contributed by atoms with Crippen LogP contribution in [0.1, 0.15) is 6.42 Å². The smallest absolute Gasteiger partial charge is 0.221 e. The Morgan fingerprint density at radius 3 is 2.79 bits per heavy atom. The van der Waals surface area contributed by atoms with Crippen LogP contribution in [-0.4, -0.2) is 39.8 Å². The number of nitrogen functional groups attached to an aromatic ring is 1. The molecule has 1 aromatic rings. The summed E-state index contributed by atoms with van der Waals surface area (Å²) < 4.78 is 9.97. The van der Waals surface area contributed by atoms with E-state index in [0.29, 0.717) is 37.6 Å². The van der Waals surface area contributed by atoms with Crippen LogP contribution in [0.4, 0.5) is 11.4 Å². The minimum Gasteiger partial charge on any atom is -0.495 e. The highest BCUT2D eigenvalue weighted by Crippen LogP contribution is 2.24. The Balaban J connectivity index is 2.31. The first-order valence-electron chi connectivity index (χ1n) is 6.10. The Bertz CT molecular complexity index is 410. The number of carbonyl (C=O) groups is 1. The fourth-order valence-electron chi connectivity index (χ4n) is 1.52. The molecule has 6 nitrogen and oxygen atoms in total. The second kappa shape index (κ2) is 8.20. The van der Waals surface area contributed by atoms with E-state index in [4.69, 9.17) is 15.2 Å². The third-order valence-electron chi connectivity index (χ3n) is 2.54. The predicted octanol–water partition coefficient (Wildman–Crippen LogP) is 0.842. The van der Waals surface area contributed by atoms with E-state index in [0.717, 1.165) is 5.69 Å². The first-order valence-corrected chi connectivity index (χ1v) is 6.10. The van der Waals surface area contributed by atoms with Gasteiger partial charge in [0.05, 0.1) is 19.4 Å². The Kier molecular flexibility index (Phi) is 6.52. The average molecular weight is 267 g/mol. The summed E-state index contributed by atoms with van der Waals surface area (Å²) in [6, 6.07) is 5.42. The molecule has 0 atom stereocenters. The van der Waals surface area contributed by atoms with Gasteiger partial charge in [0.15, 0.2) is 0 Å². The van der Waals surface area contributed by atoms with Crippen molar-refractivity contribution in [3.63, 3.8) is 0 Å². The van der Waals surface area contributed by atoms with Crippen molar-refractivity contribution in [2.24, 2.45) is 0 Å². The van der Waals surface area contributed by atoms with Crippen LogP contribution in [0.15, 0.2) is 18.2 Å². The number of nitrogens with one attached hydrogen (secondary N) is 2. The molecule has 1 aromatic carbocycles. The molecular weight excluding hydrogens is 246 g/mol. The van der Waals surface area contributed by atoms with Crippen molar-refractivity contribution in [1.82, 2.24) is 5.32 Å². The normalized spacial score (nSPS) is 10.0. The molecule has 0 bridgehead atoms.